The van der Waals surface area contributed by atoms with E-state index in [-0.39, 0.29) is 29.2 Å². The van der Waals surface area contributed by atoms with Gasteiger partial charge in [0, 0.05) is 47.4 Å². The van der Waals surface area contributed by atoms with Crippen molar-refractivity contribution >= 4 is 33.2 Å². The number of sulfonamides is 1. The van der Waals surface area contributed by atoms with Gasteiger partial charge in [-0.1, -0.05) is 43.6 Å². The minimum atomic E-state index is -3.84. The van der Waals surface area contributed by atoms with E-state index in [4.69, 9.17) is 22.1 Å². The first-order chi connectivity index (χ1) is 20.4. The molecule has 232 valence electrons. The zero-order chi connectivity index (χ0) is 31.3. The van der Waals surface area contributed by atoms with Crippen LogP contribution < -0.4 is 21.1 Å². The molecular weight excluding hydrogens is 591 g/mol. The van der Waals surface area contributed by atoms with Crippen LogP contribution in [0.4, 0.5) is 10.1 Å². The Morgan fingerprint density at radius 2 is 1.79 bits per heavy atom. The molecule has 8 nitrogen and oxygen atoms in total. The summed E-state index contributed by atoms with van der Waals surface area (Å²) in [4.78, 5) is 13.6. The van der Waals surface area contributed by atoms with Crippen LogP contribution in [0.5, 0.6) is 5.75 Å². The monoisotopic (exact) mass is 630 g/mol. The zero-order valence-corrected chi connectivity index (χ0v) is 26.5. The van der Waals surface area contributed by atoms with Crippen molar-refractivity contribution in [3.63, 3.8) is 0 Å². The quantitative estimate of drug-likeness (QED) is 0.269. The minimum absolute atomic E-state index is 0.0494. The summed E-state index contributed by atoms with van der Waals surface area (Å²) in [5.74, 6) is -0.595. The van der Waals surface area contributed by atoms with Crippen LogP contribution in [0.1, 0.15) is 44.2 Å². The number of ether oxygens (including phenoxy) is 1. The van der Waals surface area contributed by atoms with Crippen molar-refractivity contribution in [2.75, 3.05) is 25.5 Å². The molecule has 11 heteroatoms. The fourth-order valence-corrected chi connectivity index (χ4v) is 7.81. The number of anilines is 1. The van der Waals surface area contributed by atoms with Crippen molar-refractivity contribution in [3.05, 3.63) is 88.7 Å². The summed E-state index contributed by atoms with van der Waals surface area (Å²) < 4.78 is 49.4. The Bertz CT molecular complexity index is 1500. The third-order valence-electron chi connectivity index (χ3n) is 8.02. The summed E-state index contributed by atoms with van der Waals surface area (Å²) in [6.07, 6.45) is 0.540. The first-order valence-electron chi connectivity index (χ1n) is 14.4. The largest absolute Gasteiger partial charge is 0.497 e. The SMILES string of the molecule is COc1ccc(S(=O)(=O)N2C(C)CNCC2CCc2c(F)cccc2NC(=O)C(N)C(c2ccc(Cl)cc2)C(C)C)cc1. The molecule has 0 aliphatic carbocycles. The van der Waals surface area contributed by atoms with Crippen LogP contribution in [0.25, 0.3) is 0 Å². The molecule has 3 aromatic rings. The fourth-order valence-electron chi connectivity index (χ4n) is 5.84. The van der Waals surface area contributed by atoms with Gasteiger partial charge in [0.1, 0.15) is 11.6 Å². The van der Waals surface area contributed by atoms with Crippen LogP contribution in [0.15, 0.2) is 71.6 Å². The first kappa shape index (κ1) is 32.9. The number of amides is 1. The number of nitrogens with zero attached hydrogens (tertiary/aromatic N) is 1. The summed E-state index contributed by atoms with van der Waals surface area (Å²) in [6, 6.07) is 16.4. The number of carbonyl (C=O) groups is 1. The van der Waals surface area contributed by atoms with Gasteiger partial charge in [-0.2, -0.15) is 4.31 Å². The number of nitrogens with one attached hydrogen (secondary N) is 2. The minimum Gasteiger partial charge on any atom is -0.497 e. The topological polar surface area (TPSA) is 114 Å². The number of halogens is 2. The van der Waals surface area contributed by atoms with Crippen LogP contribution in [0.2, 0.25) is 5.02 Å². The van der Waals surface area contributed by atoms with Gasteiger partial charge in [0.15, 0.2) is 0 Å². The molecule has 0 radical (unpaired) electrons. The van der Waals surface area contributed by atoms with Gasteiger partial charge in [-0.05, 0) is 79.8 Å². The lowest BCUT2D eigenvalue weighted by molar-refractivity contribution is -0.118. The number of hydrogen-bond donors (Lipinski definition) is 3. The van der Waals surface area contributed by atoms with E-state index < -0.39 is 33.8 Å². The number of rotatable bonds is 11. The van der Waals surface area contributed by atoms with E-state index in [2.05, 4.69) is 10.6 Å². The van der Waals surface area contributed by atoms with E-state index in [0.29, 0.717) is 41.5 Å². The number of piperazine rings is 1. The molecule has 0 saturated carbocycles. The maximum Gasteiger partial charge on any atom is 0.243 e. The Labute approximate surface area is 258 Å². The van der Waals surface area contributed by atoms with Gasteiger partial charge >= 0.3 is 0 Å². The van der Waals surface area contributed by atoms with Gasteiger partial charge in [-0.3, -0.25) is 4.79 Å². The number of hydrogen-bond acceptors (Lipinski definition) is 6. The van der Waals surface area contributed by atoms with E-state index in [0.717, 1.165) is 5.56 Å². The van der Waals surface area contributed by atoms with Crippen LogP contribution in [-0.2, 0) is 21.2 Å². The van der Waals surface area contributed by atoms with E-state index in [1.165, 1.54) is 35.7 Å². The average molecular weight is 631 g/mol. The summed E-state index contributed by atoms with van der Waals surface area (Å²) in [7, 11) is -2.32. The van der Waals surface area contributed by atoms with Crippen LogP contribution in [0.3, 0.4) is 0 Å². The number of benzene rings is 3. The van der Waals surface area contributed by atoms with E-state index in [1.807, 2.05) is 32.9 Å². The molecule has 1 fully saturated rings. The zero-order valence-electron chi connectivity index (χ0n) is 24.9. The second-order valence-electron chi connectivity index (χ2n) is 11.3. The van der Waals surface area contributed by atoms with Crippen LogP contribution in [-0.4, -0.2) is 57.0 Å². The lowest BCUT2D eigenvalue weighted by atomic mass is 9.82. The molecule has 0 spiro atoms. The number of methoxy groups -OCH3 is 1. The predicted molar refractivity (Wildman–Crippen MR) is 168 cm³/mol. The lowest BCUT2D eigenvalue weighted by Crippen LogP contribution is -2.58. The average Bonchev–Trinajstić information content (AvgIpc) is 2.97. The van der Waals surface area contributed by atoms with Crippen molar-refractivity contribution in [3.8, 4) is 5.75 Å². The summed E-state index contributed by atoms with van der Waals surface area (Å²) >= 11 is 6.06. The van der Waals surface area contributed by atoms with Crippen LogP contribution >= 0.6 is 11.6 Å². The highest BCUT2D eigenvalue weighted by molar-refractivity contribution is 7.89. The standard InChI is InChI=1S/C32H40ClFN4O4S/c1-20(2)30(22-8-10-23(33)11-9-22)31(35)32(39)37-29-7-5-6-28(34)27(29)17-12-24-19-36-18-21(3)38(24)43(40,41)26-15-13-25(42-4)14-16-26/h5-11,13-16,20-21,24,30-31,36H,12,17-19,35H2,1-4H3,(H,37,39). The van der Waals surface area contributed by atoms with E-state index in [9.17, 15) is 13.2 Å². The Morgan fingerprint density at radius 3 is 2.42 bits per heavy atom. The Hall–Kier alpha value is -3.02. The molecule has 4 N–H and O–H groups in total. The summed E-state index contributed by atoms with van der Waals surface area (Å²) in [5.41, 5.74) is 7.99. The van der Waals surface area contributed by atoms with Gasteiger partial charge in [0.25, 0.3) is 0 Å². The van der Waals surface area contributed by atoms with Gasteiger partial charge in [-0.25, -0.2) is 12.8 Å². The van der Waals surface area contributed by atoms with Gasteiger partial charge < -0.3 is 21.1 Å². The fraction of sp³-hybridized carbons (Fsp3) is 0.406. The third kappa shape index (κ3) is 7.56. The highest BCUT2D eigenvalue weighted by Gasteiger charge is 2.38. The molecule has 3 aromatic carbocycles. The Kier molecular flexibility index (Phi) is 10.8. The number of nitrogens with two attached hydrogens (primary N) is 1. The maximum absolute atomic E-state index is 15.2. The molecule has 4 unspecified atom stereocenters. The molecular formula is C32H40ClFN4O4S. The molecule has 1 saturated heterocycles. The molecule has 4 atom stereocenters. The number of carbonyl (C=O) groups excluding carboxylic acids is 1. The summed E-state index contributed by atoms with van der Waals surface area (Å²) in [6.45, 7) is 6.74. The first-order valence-corrected chi connectivity index (χ1v) is 16.2. The smallest absolute Gasteiger partial charge is 0.243 e. The third-order valence-corrected chi connectivity index (χ3v) is 10.3. The molecule has 0 aromatic heterocycles. The molecule has 0 bridgehead atoms. The normalized spacial score (nSPS) is 19.2. The van der Waals surface area contributed by atoms with Gasteiger partial charge in [-0.15, -0.1) is 0 Å². The Balaban J connectivity index is 1.54. The molecule has 1 aliphatic heterocycles. The summed E-state index contributed by atoms with van der Waals surface area (Å²) in [5, 5.41) is 6.74. The highest BCUT2D eigenvalue weighted by Crippen LogP contribution is 2.31. The van der Waals surface area contributed by atoms with Gasteiger partial charge in [0.05, 0.1) is 18.0 Å². The molecule has 43 heavy (non-hydrogen) atoms. The molecule has 1 aliphatic rings. The molecule has 1 heterocycles. The van der Waals surface area contributed by atoms with Gasteiger partial charge in [0.2, 0.25) is 15.9 Å². The maximum atomic E-state index is 15.2. The van der Waals surface area contributed by atoms with Crippen molar-refractivity contribution in [2.45, 2.75) is 62.6 Å². The van der Waals surface area contributed by atoms with Crippen LogP contribution in [0, 0.1) is 11.7 Å². The van der Waals surface area contributed by atoms with Crippen molar-refractivity contribution in [1.29, 1.82) is 0 Å². The molecule has 1 amide bonds. The van der Waals surface area contributed by atoms with E-state index >= 15 is 4.39 Å². The van der Waals surface area contributed by atoms with Crippen molar-refractivity contribution in [2.24, 2.45) is 11.7 Å². The second-order valence-corrected chi connectivity index (χ2v) is 13.6. The van der Waals surface area contributed by atoms with E-state index in [1.54, 1.807) is 30.3 Å². The lowest BCUT2D eigenvalue weighted by Gasteiger charge is -2.40. The predicted octanol–water partition coefficient (Wildman–Crippen LogP) is 5.18. The van der Waals surface area contributed by atoms with Crippen molar-refractivity contribution in [1.82, 2.24) is 9.62 Å². The molecule has 4 rings (SSSR count). The second kappa shape index (κ2) is 14.2. The Morgan fingerprint density at radius 1 is 1.12 bits per heavy atom. The van der Waals surface area contributed by atoms with Crippen molar-refractivity contribution < 1.29 is 22.3 Å². The highest BCUT2D eigenvalue weighted by atomic mass is 35.5.